The molecule has 3 rings (SSSR count). The third-order valence-electron chi connectivity index (χ3n) is 4.65. The summed E-state index contributed by atoms with van der Waals surface area (Å²) < 4.78 is 5.28. The van der Waals surface area contributed by atoms with Crippen LogP contribution >= 0.6 is 0 Å². The molecule has 1 aromatic rings. The van der Waals surface area contributed by atoms with Crippen molar-refractivity contribution in [1.82, 2.24) is 9.88 Å². The van der Waals surface area contributed by atoms with E-state index in [2.05, 4.69) is 24.4 Å². The van der Waals surface area contributed by atoms with Crippen molar-refractivity contribution in [2.75, 3.05) is 38.2 Å². The van der Waals surface area contributed by atoms with Gasteiger partial charge in [-0.05, 0) is 25.0 Å². The lowest BCUT2D eigenvalue weighted by molar-refractivity contribution is -0.130. The summed E-state index contributed by atoms with van der Waals surface area (Å²) in [7, 11) is 0. The van der Waals surface area contributed by atoms with Gasteiger partial charge in [0, 0.05) is 43.6 Å². The van der Waals surface area contributed by atoms with Gasteiger partial charge in [0.15, 0.2) is 0 Å². The maximum atomic E-state index is 11.6. The zero-order valence-electron chi connectivity index (χ0n) is 13.5. The molecule has 0 radical (unpaired) electrons. The molecule has 5 heteroatoms. The summed E-state index contributed by atoms with van der Waals surface area (Å²) in [6.07, 6.45) is 2.16. The van der Waals surface area contributed by atoms with E-state index < -0.39 is 0 Å². The molecule has 120 valence electrons. The van der Waals surface area contributed by atoms with Crippen LogP contribution in [0.2, 0.25) is 0 Å². The molecule has 0 bridgehead atoms. The molecule has 0 aliphatic carbocycles. The molecular formula is C17H25N3O2. The highest BCUT2D eigenvalue weighted by Crippen LogP contribution is 2.28. The largest absolute Gasteiger partial charge is 0.380 e. The molecule has 5 nitrogen and oxygen atoms in total. The summed E-state index contributed by atoms with van der Waals surface area (Å²) >= 11 is 0. The molecule has 3 heterocycles. The van der Waals surface area contributed by atoms with Crippen LogP contribution < -0.4 is 5.32 Å². The van der Waals surface area contributed by atoms with Crippen molar-refractivity contribution < 1.29 is 9.53 Å². The van der Waals surface area contributed by atoms with E-state index in [1.165, 1.54) is 0 Å². The number of carbonyl (C=O) groups excluding carboxylic acids is 1. The Kier molecular flexibility index (Phi) is 4.34. The molecule has 2 aliphatic rings. The predicted octanol–water partition coefficient (Wildman–Crippen LogP) is 2.26. The highest BCUT2D eigenvalue weighted by molar-refractivity contribution is 5.73. The van der Waals surface area contributed by atoms with Gasteiger partial charge < -0.3 is 15.0 Å². The lowest BCUT2D eigenvalue weighted by atomic mass is 9.89. The Bertz CT molecular complexity index is 542. The lowest BCUT2D eigenvalue weighted by Gasteiger charge is -2.38. The SMILES string of the molecule is CC(=O)N1CCC[C@H](c2cccc(NCC3(C)COC3)n2)C1. The molecule has 2 aliphatic heterocycles. The van der Waals surface area contributed by atoms with E-state index in [4.69, 9.17) is 9.72 Å². The summed E-state index contributed by atoms with van der Waals surface area (Å²) in [5.74, 6) is 1.43. The number of rotatable bonds is 4. The highest BCUT2D eigenvalue weighted by atomic mass is 16.5. The first kappa shape index (κ1) is 15.3. The van der Waals surface area contributed by atoms with E-state index >= 15 is 0 Å². The molecular weight excluding hydrogens is 278 g/mol. The first-order chi connectivity index (χ1) is 10.6. The van der Waals surface area contributed by atoms with Gasteiger partial charge in [0.25, 0.3) is 0 Å². The number of ether oxygens (including phenoxy) is 1. The maximum Gasteiger partial charge on any atom is 0.219 e. The number of amides is 1. The van der Waals surface area contributed by atoms with Gasteiger partial charge in [-0.2, -0.15) is 0 Å². The fourth-order valence-corrected chi connectivity index (χ4v) is 3.14. The number of hydrogen-bond acceptors (Lipinski definition) is 4. The van der Waals surface area contributed by atoms with Crippen molar-refractivity contribution in [3.05, 3.63) is 23.9 Å². The van der Waals surface area contributed by atoms with Crippen LogP contribution in [0.5, 0.6) is 0 Å². The van der Waals surface area contributed by atoms with Crippen LogP contribution in [-0.4, -0.2) is 48.6 Å². The Morgan fingerprint density at radius 1 is 1.50 bits per heavy atom. The molecule has 0 aromatic carbocycles. The number of nitrogens with one attached hydrogen (secondary N) is 1. The summed E-state index contributed by atoms with van der Waals surface area (Å²) in [6, 6.07) is 6.14. The van der Waals surface area contributed by atoms with Crippen LogP contribution in [0.15, 0.2) is 18.2 Å². The van der Waals surface area contributed by atoms with Gasteiger partial charge in [-0.3, -0.25) is 4.79 Å². The monoisotopic (exact) mass is 303 g/mol. The van der Waals surface area contributed by atoms with Gasteiger partial charge in [-0.25, -0.2) is 4.98 Å². The number of anilines is 1. The summed E-state index contributed by atoms with van der Waals surface area (Å²) in [6.45, 7) is 8.05. The number of nitrogens with zero attached hydrogens (tertiary/aromatic N) is 2. The molecule has 1 atom stereocenters. The summed E-state index contributed by atoms with van der Waals surface area (Å²) in [4.78, 5) is 18.3. The summed E-state index contributed by atoms with van der Waals surface area (Å²) in [5.41, 5.74) is 1.32. The normalized spacial score (nSPS) is 23.7. The number of carbonyl (C=O) groups is 1. The Morgan fingerprint density at radius 3 is 3.00 bits per heavy atom. The quantitative estimate of drug-likeness (QED) is 0.927. The van der Waals surface area contributed by atoms with E-state index in [1.807, 2.05) is 11.0 Å². The Balaban J connectivity index is 1.64. The van der Waals surface area contributed by atoms with Crippen molar-refractivity contribution in [1.29, 1.82) is 0 Å². The van der Waals surface area contributed by atoms with Gasteiger partial charge in [-0.15, -0.1) is 0 Å². The second kappa shape index (κ2) is 6.24. The Labute approximate surface area is 132 Å². The molecule has 1 N–H and O–H groups in total. The number of aromatic nitrogens is 1. The standard InChI is InChI=1S/C17H25N3O2/c1-13(21)20-8-4-5-14(9-20)15-6-3-7-16(19-15)18-10-17(2)11-22-12-17/h3,6-7,14H,4-5,8-12H2,1-2H3,(H,18,19)/t14-/m0/s1. The van der Waals surface area contributed by atoms with Gasteiger partial charge in [0.1, 0.15) is 5.82 Å². The third kappa shape index (κ3) is 3.40. The molecule has 1 aromatic heterocycles. The molecule has 0 saturated carbocycles. The van der Waals surface area contributed by atoms with Crippen molar-refractivity contribution in [3.63, 3.8) is 0 Å². The number of hydrogen-bond donors (Lipinski definition) is 1. The molecule has 1 amide bonds. The zero-order chi connectivity index (χ0) is 15.6. The van der Waals surface area contributed by atoms with Gasteiger partial charge in [0.05, 0.1) is 13.2 Å². The fourth-order valence-electron chi connectivity index (χ4n) is 3.14. The van der Waals surface area contributed by atoms with Crippen LogP contribution in [0.3, 0.4) is 0 Å². The van der Waals surface area contributed by atoms with E-state index in [1.54, 1.807) is 6.92 Å². The van der Waals surface area contributed by atoms with E-state index in [9.17, 15) is 4.79 Å². The molecule has 0 spiro atoms. The first-order valence-electron chi connectivity index (χ1n) is 8.10. The Hall–Kier alpha value is -1.62. The van der Waals surface area contributed by atoms with Crippen molar-refractivity contribution in [2.24, 2.45) is 5.41 Å². The summed E-state index contributed by atoms with van der Waals surface area (Å²) in [5, 5.41) is 3.43. The van der Waals surface area contributed by atoms with Crippen LogP contribution in [0.4, 0.5) is 5.82 Å². The molecule has 2 fully saturated rings. The van der Waals surface area contributed by atoms with Gasteiger partial charge in [0.2, 0.25) is 5.91 Å². The molecule has 0 unspecified atom stereocenters. The molecule has 2 saturated heterocycles. The second-order valence-electron chi connectivity index (χ2n) is 6.91. The minimum absolute atomic E-state index is 0.164. The number of pyridine rings is 1. The number of likely N-dealkylation sites (tertiary alicyclic amines) is 1. The number of piperidine rings is 1. The van der Waals surface area contributed by atoms with Crippen LogP contribution in [-0.2, 0) is 9.53 Å². The van der Waals surface area contributed by atoms with E-state index in [0.29, 0.717) is 5.92 Å². The fraction of sp³-hybridized carbons (Fsp3) is 0.647. The van der Waals surface area contributed by atoms with Crippen LogP contribution in [0.25, 0.3) is 0 Å². The predicted molar refractivity (Wildman–Crippen MR) is 85.9 cm³/mol. The van der Waals surface area contributed by atoms with Crippen LogP contribution in [0, 0.1) is 5.41 Å². The Morgan fingerprint density at radius 2 is 2.32 bits per heavy atom. The van der Waals surface area contributed by atoms with Gasteiger partial charge in [-0.1, -0.05) is 13.0 Å². The minimum atomic E-state index is 0.164. The maximum absolute atomic E-state index is 11.6. The van der Waals surface area contributed by atoms with Gasteiger partial charge >= 0.3 is 0 Å². The minimum Gasteiger partial charge on any atom is -0.380 e. The topological polar surface area (TPSA) is 54.5 Å². The zero-order valence-corrected chi connectivity index (χ0v) is 13.5. The molecule has 22 heavy (non-hydrogen) atoms. The van der Waals surface area contributed by atoms with Crippen LogP contribution in [0.1, 0.15) is 38.3 Å². The average Bonchev–Trinajstić information content (AvgIpc) is 2.51. The second-order valence-corrected chi connectivity index (χ2v) is 6.91. The van der Waals surface area contributed by atoms with Crippen molar-refractivity contribution in [3.8, 4) is 0 Å². The lowest BCUT2D eigenvalue weighted by Crippen LogP contribution is -2.45. The first-order valence-corrected chi connectivity index (χ1v) is 8.10. The van der Waals surface area contributed by atoms with E-state index in [0.717, 1.165) is 57.2 Å². The van der Waals surface area contributed by atoms with Crippen molar-refractivity contribution >= 4 is 11.7 Å². The third-order valence-corrected chi connectivity index (χ3v) is 4.65. The van der Waals surface area contributed by atoms with Crippen molar-refractivity contribution in [2.45, 2.75) is 32.6 Å². The van der Waals surface area contributed by atoms with E-state index in [-0.39, 0.29) is 11.3 Å². The average molecular weight is 303 g/mol. The smallest absolute Gasteiger partial charge is 0.219 e. The highest BCUT2D eigenvalue weighted by Gasteiger charge is 2.33.